The number of nitrogens with one attached hydrogen (secondary N) is 1. The largest absolute Gasteiger partial charge is 0.508 e. The Kier molecular flexibility index (Phi) is 4.25. The summed E-state index contributed by atoms with van der Waals surface area (Å²) in [6.07, 6.45) is 0.846. The van der Waals surface area contributed by atoms with Crippen molar-refractivity contribution in [2.45, 2.75) is 32.5 Å². The van der Waals surface area contributed by atoms with Crippen LogP contribution in [0.3, 0.4) is 0 Å². The van der Waals surface area contributed by atoms with Crippen molar-refractivity contribution >= 4 is 5.71 Å². The number of phenols is 1. The van der Waals surface area contributed by atoms with Crippen molar-refractivity contribution in [2.24, 2.45) is 10.9 Å². The first kappa shape index (κ1) is 14.8. The first-order chi connectivity index (χ1) is 10.6. The summed E-state index contributed by atoms with van der Waals surface area (Å²) in [5.74, 6) is 0.740. The van der Waals surface area contributed by atoms with Gasteiger partial charge in [0.2, 0.25) is 0 Å². The van der Waals surface area contributed by atoms with Gasteiger partial charge in [0.15, 0.2) is 0 Å². The second kappa shape index (κ2) is 6.32. The summed E-state index contributed by atoms with van der Waals surface area (Å²) in [6, 6.07) is 17.9. The molecule has 22 heavy (non-hydrogen) atoms. The molecule has 1 heterocycles. The lowest BCUT2D eigenvalue weighted by Gasteiger charge is -2.32. The van der Waals surface area contributed by atoms with Crippen molar-refractivity contribution in [1.82, 2.24) is 5.32 Å². The van der Waals surface area contributed by atoms with Crippen LogP contribution in [0.25, 0.3) is 0 Å². The van der Waals surface area contributed by atoms with Gasteiger partial charge < -0.3 is 5.11 Å². The van der Waals surface area contributed by atoms with Gasteiger partial charge in [0.05, 0.1) is 0 Å². The molecule has 3 nitrogen and oxygen atoms in total. The van der Waals surface area contributed by atoms with Crippen LogP contribution in [0, 0.1) is 5.92 Å². The number of aromatic hydroxyl groups is 1. The molecule has 3 heteroatoms. The monoisotopic (exact) mass is 294 g/mol. The van der Waals surface area contributed by atoms with E-state index in [9.17, 15) is 5.11 Å². The molecule has 2 N–H and O–H groups in total. The molecule has 0 aromatic heterocycles. The van der Waals surface area contributed by atoms with Crippen molar-refractivity contribution in [3.63, 3.8) is 0 Å². The normalized spacial score (nSPS) is 21.7. The van der Waals surface area contributed by atoms with Crippen molar-refractivity contribution < 1.29 is 5.11 Å². The van der Waals surface area contributed by atoms with E-state index in [2.05, 4.69) is 31.3 Å². The molecule has 0 spiro atoms. The molecule has 0 saturated heterocycles. The molecular weight excluding hydrogens is 272 g/mol. The molecule has 0 radical (unpaired) electrons. The summed E-state index contributed by atoms with van der Waals surface area (Å²) in [5.41, 5.74) is 3.21. The Bertz CT molecular complexity index is 664. The second-order valence-corrected chi connectivity index (χ2v) is 6.11. The summed E-state index contributed by atoms with van der Waals surface area (Å²) >= 11 is 0. The van der Waals surface area contributed by atoms with Crippen LogP contribution >= 0.6 is 0 Å². The summed E-state index contributed by atoms with van der Waals surface area (Å²) < 4.78 is 0. The fourth-order valence-corrected chi connectivity index (χ4v) is 2.86. The van der Waals surface area contributed by atoms with Gasteiger partial charge in [0.25, 0.3) is 0 Å². The lowest BCUT2D eigenvalue weighted by molar-refractivity contribution is 0.345. The first-order valence-corrected chi connectivity index (χ1v) is 7.81. The molecule has 1 aliphatic heterocycles. The van der Waals surface area contributed by atoms with Gasteiger partial charge in [-0.05, 0) is 17.5 Å². The maximum Gasteiger partial charge on any atom is 0.120 e. The smallest absolute Gasteiger partial charge is 0.120 e. The first-order valence-electron chi connectivity index (χ1n) is 7.81. The van der Waals surface area contributed by atoms with Crippen molar-refractivity contribution in [2.75, 3.05) is 0 Å². The zero-order valence-corrected chi connectivity index (χ0v) is 13.0. The van der Waals surface area contributed by atoms with Crippen LogP contribution in [-0.2, 0) is 0 Å². The maximum atomic E-state index is 10.2. The van der Waals surface area contributed by atoms with Gasteiger partial charge in [-0.1, -0.05) is 62.4 Å². The molecule has 0 bridgehead atoms. The molecule has 0 unspecified atom stereocenters. The zero-order valence-electron chi connectivity index (χ0n) is 13.0. The van der Waals surface area contributed by atoms with Crippen molar-refractivity contribution in [1.29, 1.82) is 0 Å². The van der Waals surface area contributed by atoms with Crippen LogP contribution in [0.1, 0.15) is 37.4 Å². The van der Waals surface area contributed by atoms with Gasteiger partial charge >= 0.3 is 0 Å². The second-order valence-electron chi connectivity index (χ2n) is 6.11. The molecule has 2 aromatic carbocycles. The quantitative estimate of drug-likeness (QED) is 0.901. The Labute approximate surface area is 131 Å². The highest BCUT2D eigenvalue weighted by Gasteiger charge is 2.27. The fourth-order valence-electron chi connectivity index (χ4n) is 2.86. The highest BCUT2D eigenvalue weighted by atomic mass is 16.3. The van der Waals surface area contributed by atoms with Crippen molar-refractivity contribution in [3.8, 4) is 5.75 Å². The number of phenolic OH excluding ortho intramolecular Hbond substituents is 1. The summed E-state index contributed by atoms with van der Waals surface area (Å²) in [4.78, 5) is 4.88. The SMILES string of the molecule is CC(C)[C@H]1N=C(c2ccccc2)C[C@H](c2ccccc2O)N1. The van der Waals surface area contributed by atoms with Gasteiger partial charge in [-0.2, -0.15) is 0 Å². The van der Waals surface area contributed by atoms with E-state index < -0.39 is 0 Å². The predicted octanol–water partition coefficient (Wildman–Crippen LogP) is 3.90. The lowest BCUT2D eigenvalue weighted by atomic mass is 9.93. The average Bonchev–Trinajstić information content (AvgIpc) is 2.55. The third kappa shape index (κ3) is 3.04. The van der Waals surface area contributed by atoms with Crippen LogP contribution in [0.2, 0.25) is 0 Å². The number of benzene rings is 2. The van der Waals surface area contributed by atoms with E-state index in [4.69, 9.17) is 4.99 Å². The minimum Gasteiger partial charge on any atom is -0.508 e. The Morgan fingerprint density at radius 1 is 1.05 bits per heavy atom. The third-order valence-electron chi connectivity index (χ3n) is 4.11. The molecule has 2 aromatic rings. The molecule has 0 fully saturated rings. The minimum absolute atomic E-state index is 0.0635. The van der Waals surface area contributed by atoms with E-state index in [1.165, 1.54) is 0 Å². The maximum absolute atomic E-state index is 10.2. The van der Waals surface area contributed by atoms with E-state index >= 15 is 0 Å². The van der Waals surface area contributed by atoms with Crippen LogP contribution in [0.5, 0.6) is 5.75 Å². The molecule has 0 saturated carbocycles. The average molecular weight is 294 g/mol. The number of rotatable bonds is 3. The van der Waals surface area contributed by atoms with E-state index in [0.29, 0.717) is 11.7 Å². The minimum atomic E-state index is 0.0635. The van der Waals surface area contributed by atoms with Gasteiger partial charge in [-0.3, -0.25) is 10.3 Å². The standard InChI is InChI=1S/C19H22N2O/c1-13(2)19-20-16(14-8-4-3-5-9-14)12-17(21-19)15-10-6-7-11-18(15)22/h3-11,13,17,19,21-22H,12H2,1-2H3/t17-,19+/m1/s1. The summed E-state index contributed by atoms with van der Waals surface area (Å²) in [5, 5.41) is 13.7. The lowest BCUT2D eigenvalue weighted by Crippen LogP contribution is -2.41. The van der Waals surface area contributed by atoms with E-state index in [-0.39, 0.29) is 12.2 Å². The summed E-state index contributed by atoms with van der Waals surface area (Å²) in [7, 11) is 0. The van der Waals surface area contributed by atoms with Crippen LogP contribution in [0.4, 0.5) is 0 Å². The van der Waals surface area contributed by atoms with E-state index in [1.807, 2.05) is 36.4 Å². The molecule has 114 valence electrons. The molecule has 1 aliphatic rings. The Morgan fingerprint density at radius 2 is 1.73 bits per heavy atom. The van der Waals surface area contributed by atoms with E-state index in [1.54, 1.807) is 6.07 Å². The molecule has 0 aliphatic carbocycles. The number of nitrogens with zero attached hydrogens (tertiary/aromatic N) is 1. The highest BCUT2D eigenvalue weighted by molar-refractivity contribution is 6.01. The van der Waals surface area contributed by atoms with Crippen LogP contribution in [0.15, 0.2) is 59.6 Å². The predicted molar refractivity (Wildman–Crippen MR) is 90.2 cm³/mol. The van der Waals surface area contributed by atoms with Gasteiger partial charge in [0, 0.05) is 23.7 Å². The Hall–Kier alpha value is -2.13. The molecule has 3 rings (SSSR count). The topological polar surface area (TPSA) is 44.6 Å². The number of aliphatic imine (C=N–C) groups is 1. The van der Waals surface area contributed by atoms with Gasteiger partial charge in [0.1, 0.15) is 11.9 Å². The Morgan fingerprint density at radius 3 is 2.41 bits per heavy atom. The molecular formula is C19H22N2O. The molecule has 0 amide bonds. The fraction of sp³-hybridized carbons (Fsp3) is 0.316. The van der Waals surface area contributed by atoms with Crippen LogP contribution in [-0.4, -0.2) is 17.0 Å². The number of hydrogen-bond acceptors (Lipinski definition) is 3. The van der Waals surface area contributed by atoms with E-state index in [0.717, 1.165) is 23.3 Å². The third-order valence-corrected chi connectivity index (χ3v) is 4.11. The zero-order chi connectivity index (χ0) is 15.5. The highest BCUT2D eigenvalue weighted by Crippen LogP contribution is 2.31. The van der Waals surface area contributed by atoms with Crippen molar-refractivity contribution in [3.05, 3.63) is 65.7 Å². The Balaban J connectivity index is 1.96. The molecule has 2 atom stereocenters. The summed E-state index contributed by atoms with van der Waals surface area (Å²) in [6.45, 7) is 4.33. The van der Waals surface area contributed by atoms with Crippen LogP contribution < -0.4 is 5.32 Å². The van der Waals surface area contributed by atoms with Gasteiger partial charge in [-0.25, -0.2) is 0 Å². The number of hydrogen-bond donors (Lipinski definition) is 2. The number of para-hydroxylation sites is 1. The van der Waals surface area contributed by atoms with Gasteiger partial charge in [-0.15, -0.1) is 0 Å².